The number of carbonyl (C=O) groups excluding carboxylic acids is 2. The minimum atomic E-state index is -0.666. The lowest BCUT2D eigenvalue weighted by atomic mass is 9.85. The molecule has 0 rings (SSSR count). The number of aliphatic hydroxyl groups excluding tert-OH is 1. The number of rotatable bonds is 12. The minimum absolute atomic E-state index is 0.100. The van der Waals surface area contributed by atoms with E-state index < -0.39 is 6.10 Å². The van der Waals surface area contributed by atoms with E-state index in [1.165, 1.54) is 6.42 Å². The Morgan fingerprint density at radius 3 is 2.48 bits per heavy atom. The zero-order valence-electron chi connectivity index (χ0n) is 13.7. The average molecular weight is 297 g/mol. The molecule has 0 saturated carbocycles. The molecule has 0 saturated heterocycles. The van der Waals surface area contributed by atoms with E-state index in [1.54, 1.807) is 12.8 Å². The van der Waals surface area contributed by atoms with Gasteiger partial charge in [-0.25, -0.2) is 0 Å². The molecule has 0 spiro atoms. The fourth-order valence-corrected chi connectivity index (χ4v) is 1.73. The van der Waals surface area contributed by atoms with Crippen LogP contribution in [-0.2, 0) is 14.3 Å². The Morgan fingerprint density at radius 2 is 1.95 bits per heavy atom. The number of ether oxygens (including phenoxy) is 1. The molecule has 0 aromatic heterocycles. The van der Waals surface area contributed by atoms with Gasteiger partial charge in [0.25, 0.3) is 6.47 Å². The predicted molar refractivity (Wildman–Crippen MR) is 83.1 cm³/mol. The van der Waals surface area contributed by atoms with Gasteiger partial charge < -0.3 is 9.84 Å². The molecule has 21 heavy (non-hydrogen) atoms. The normalized spacial score (nSPS) is 14.5. The molecule has 0 amide bonds. The van der Waals surface area contributed by atoms with Crippen molar-refractivity contribution in [2.45, 2.75) is 72.0 Å². The highest BCUT2D eigenvalue weighted by Gasteiger charge is 2.24. The zero-order chi connectivity index (χ0) is 16.3. The number of carbonyl (C=O) groups is 2. The molecular formula is C17H29O4. The fourth-order valence-electron chi connectivity index (χ4n) is 1.73. The highest BCUT2D eigenvalue weighted by molar-refractivity contribution is 5.89. The minimum Gasteiger partial charge on any atom is -0.464 e. The molecule has 0 aliphatic heterocycles. The van der Waals surface area contributed by atoms with Crippen LogP contribution in [0.4, 0.5) is 0 Å². The number of hydrogen-bond acceptors (Lipinski definition) is 4. The van der Waals surface area contributed by atoms with Crippen molar-refractivity contribution in [2.24, 2.45) is 5.41 Å². The lowest BCUT2D eigenvalue weighted by Crippen LogP contribution is -2.28. The summed E-state index contributed by atoms with van der Waals surface area (Å²) in [7, 11) is 0. The summed E-state index contributed by atoms with van der Waals surface area (Å²) in [4.78, 5) is 22.2. The second-order valence-electron chi connectivity index (χ2n) is 6.37. The third-order valence-corrected chi connectivity index (χ3v) is 3.32. The third kappa shape index (κ3) is 10.5. The van der Waals surface area contributed by atoms with Crippen molar-refractivity contribution in [1.29, 1.82) is 0 Å². The summed E-state index contributed by atoms with van der Waals surface area (Å²) < 4.78 is 4.96. The maximum Gasteiger partial charge on any atom is 0.293 e. The van der Waals surface area contributed by atoms with E-state index in [9.17, 15) is 14.7 Å². The largest absolute Gasteiger partial charge is 0.464 e. The fraction of sp³-hybridized carbons (Fsp3) is 0.706. The average Bonchev–Trinajstić information content (AvgIpc) is 2.37. The van der Waals surface area contributed by atoms with Gasteiger partial charge in [-0.2, -0.15) is 0 Å². The molecule has 0 aromatic carbocycles. The van der Waals surface area contributed by atoms with Gasteiger partial charge in [0.05, 0.1) is 6.10 Å². The molecule has 4 nitrogen and oxygen atoms in total. The van der Waals surface area contributed by atoms with Gasteiger partial charge in [-0.3, -0.25) is 9.59 Å². The Balaban J connectivity index is 3.96. The van der Waals surface area contributed by atoms with Crippen LogP contribution in [0.3, 0.4) is 0 Å². The third-order valence-electron chi connectivity index (χ3n) is 3.32. The Kier molecular flexibility index (Phi) is 10.3. The van der Waals surface area contributed by atoms with Gasteiger partial charge in [-0.05, 0) is 24.7 Å². The maximum atomic E-state index is 11.7. The molecule has 0 bridgehead atoms. The van der Waals surface area contributed by atoms with Crippen molar-refractivity contribution in [3.8, 4) is 0 Å². The van der Waals surface area contributed by atoms with Gasteiger partial charge in [0.15, 0.2) is 0 Å². The highest BCUT2D eigenvalue weighted by Crippen LogP contribution is 2.22. The number of ketones is 1. The van der Waals surface area contributed by atoms with Crippen molar-refractivity contribution in [1.82, 2.24) is 0 Å². The summed E-state index contributed by atoms with van der Waals surface area (Å²) in [6, 6.07) is 0. The van der Waals surface area contributed by atoms with Crippen molar-refractivity contribution < 1.29 is 19.4 Å². The Morgan fingerprint density at radius 1 is 1.29 bits per heavy atom. The van der Waals surface area contributed by atoms with Gasteiger partial charge in [-0.15, -0.1) is 0 Å². The van der Waals surface area contributed by atoms with Crippen LogP contribution < -0.4 is 0 Å². The summed E-state index contributed by atoms with van der Waals surface area (Å²) >= 11 is 0. The van der Waals surface area contributed by atoms with E-state index in [2.05, 4.69) is 6.92 Å². The molecule has 4 heteroatoms. The number of aliphatic hydroxyl groups is 1. The lowest BCUT2D eigenvalue weighted by molar-refractivity contribution is -0.132. The monoisotopic (exact) mass is 297 g/mol. The number of unbranched alkanes of at least 4 members (excludes halogenated alkanes) is 2. The summed E-state index contributed by atoms with van der Waals surface area (Å²) in [5.74, 6) is -0.132. The molecule has 0 aliphatic carbocycles. The topological polar surface area (TPSA) is 63.6 Å². The van der Waals surface area contributed by atoms with Crippen molar-refractivity contribution in [3.63, 3.8) is 0 Å². The summed E-state index contributed by atoms with van der Waals surface area (Å²) in [6.07, 6.45) is 7.83. The quantitative estimate of drug-likeness (QED) is 0.444. The van der Waals surface area contributed by atoms with Crippen LogP contribution >= 0.6 is 0 Å². The second kappa shape index (κ2) is 10.8. The predicted octanol–water partition coefficient (Wildman–Crippen LogP) is 3.09. The van der Waals surface area contributed by atoms with Gasteiger partial charge in [0.2, 0.25) is 0 Å². The van der Waals surface area contributed by atoms with E-state index in [1.807, 2.05) is 20.8 Å². The second-order valence-corrected chi connectivity index (χ2v) is 6.37. The van der Waals surface area contributed by atoms with Crippen molar-refractivity contribution >= 4 is 12.3 Å². The van der Waals surface area contributed by atoms with Crippen LogP contribution in [0.15, 0.2) is 0 Å². The van der Waals surface area contributed by atoms with Crippen LogP contribution in [0.1, 0.15) is 59.8 Å². The zero-order valence-corrected chi connectivity index (χ0v) is 13.7. The van der Waals surface area contributed by atoms with E-state index in [0.717, 1.165) is 25.7 Å². The molecule has 0 heterocycles. The van der Waals surface area contributed by atoms with Gasteiger partial charge >= 0.3 is 0 Å². The van der Waals surface area contributed by atoms with Gasteiger partial charge in [0.1, 0.15) is 11.9 Å². The lowest BCUT2D eigenvalue weighted by Gasteiger charge is -2.25. The summed E-state index contributed by atoms with van der Waals surface area (Å²) in [6.45, 7) is 8.22. The molecule has 0 fully saturated rings. The number of Topliss-reactive ketones (excluding diaryl/α,β-unsaturated/α-hetero) is 1. The first-order valence-electron chi connectivity index (χ1n) is 7.62. The molecule has 0 unspecified atom stereocenters. The van der Waals surface area contributed by atoms with E-state index >= 15 is 0 Å². The van der Waals surface area contributed by atoms with Crippen LogP contribution in [0.2, 0.25) is 0 Å². The smallest absolute Gasteiger partial charge is 0.293 e. The molecule has 0 aromatic rings. The van der Waals surface area contributed by atoms with Crippen LogP contribution in [0.5, 0.6) is 0 Å². The first-order valence-corrected chi connectivity index (χ1v) is 7.62. The Hall–Kier alpha value is -0.900. The molecule has 2 atom stereocenters. The maximum absolute atomic E-state index is 11.7. The van der Waals surface area contributed by atoms with Gasteiger partial charge in [0, 0.05) is 19.3 Å². The van der Waals surface area contributed by atoms with E-state index in [-0.39, 0.29) is 23.7 Å². The summed E-state index contributed by atoms with van der Waals surface area (Å²) in [5.41, 5.74) is -0.309. The standard InChI is InChI=1S/C17H29O4/c1-5-6-7-10-15(21-13-18)11-8-9-14(19)12-16(20)17(2,3)4/h8-9,11,13,15-16,20H,5-7,10,12H2,1-4H3/t15-,16-/m1/s1. The first kappa shape index (κ1) is 20.1. The Labute approximate surface area is 129 Å². The van der Waals surface area contributed by atoms with Crippen molar-refractivity contribution in [3.05, 3.63) is 19.3 Å². The summed E-state index contributed by atoms with van der Waals surface area (Å²) in [5, 5.41) is 9.86. The first-order chi connectivity index (χ1) is 9.81. The molecule has 0 aliphatic rings. The van der Waals surface area contributed by atoms with Gasteiger partial charge in [-0.1, -0.05) is 40.5 Å². The molecule has 3 radical (unpaired) electrons. The Bertz CT molecular complexity index is 294. The highest BCUT2D eigenvalue weighted by atomic mass is 16.5. The van der Waals surface area contributed by atoms with E-state index in [0.29, 0.717) is 6.47 Å². The molecule has 1 N–H and O–H groups in total. The van der Waals surface area contributed by atoms with E-state index in [4.69, 9.17) is 4.74 Å². The van der Waals surface area contributed by atoms with Crippen LogP contribution in [0.25, 0.3) is 0 Å². The molecular weight excluding hydrogens is 268 g/mol. The van der Waals surface area contributed by atoms with Crippen LogP contribution in [-0.4, -0.2) is 29.6 Å². The number of hydrogen-bond donors (Lipinski definition) is 1. The SMILES string of the molecule is CCCCC[C@H]([CH][CH][CH]C(=O)C[C@@H](O)C(C)(C)C)OC=O. The van der Waals surface area contributed by atoms with Crippen LogP contribution in [0, 0.1) is 24.7 Å². The molecule has 121 valence electrons. The van der Waals surface area contributed by atoms with Crippen molar-refractivity contribution in [2.75, 3.05) is 0 Å².